The van der Waals surface area contributed by atoms with Crippen LogP contribution in [0.4, 0.5) is 20.2 Å². The van der Waals surface area contributed by atoms with Crippen LogP contribution in [0.3, 0.4) is 0 Å². The fraction of sp³-hybridized carbons (Fsp3) is 0.280. The molecule has 3 aromatic rings. The quantitative estimate of drug-likeness (QED) is 0.352. The first kappa shape index (κ1) is 26.2. The zero-order valence-electron chi connectivity index (χ0n) is 19.7. The van der Waals surface area contributed by atoms with Crippen molar-refractivity contribution in [2.75, 3.05) is 36.8 Å². The number of anilines is 2. The molecule has 0 bridgehead atoms. The lowest BCUT2D eigenvalue weighted by molar-refractivity contribution is 0.0921. The van der Waals surface area contributed by atoms with Crippen molar-refractivity contribution in [1.29, 1.82) is 0 Å². The third-order valence-electron chi connectivity index (χ3n) is 5.82. The maximum Gasteiger partial charge on any atom is 0.276 e. The summed E-state index contributed by atoms with van der Waals surface area (Å²) in [6, 6.07) is 9.71. The molecular weight excluding hydrogens is 506 g/mol. The van der Waals surface area contributed by atoms with E-state index in [1.165, 1.54) is 12.4 Å². The number of imidazole rings is 1. The molecule has 1 fully saturated rings. The number of nitrogens with one attached hydrogen (secondary N) is 4. The molecule has 3 amide bonds. The van der Waals surface area contributed by atoms with Gasteiger partial charge in [0.25, 0.3) is 17.7 Å². The number of alkyl halides is 1. The van der Waals surface area contributed by atoms with Crippen molar-refractivity contribution in [2.45, 2.75) is 19.0 Å². The minimum absolute atomic E-state index is 0.0135. The molecule has 4 rings (SSSR count). The number of rotatable bonds is 8. The Kier molecular flexibility index (Phi) is 8.47. The van der Waals surface area contributed by atoms with Crippen molar-refractivity contribution in [3.63, 3.8) is 0 Å². The van der Waals surface area contributed by atoms with Gasteiger partial charge in [0, 0.05) is 31.0 Å². The Hall–Kier alpha value is -3.83. The molecule has 1 unspecified atom stereocenters. The number of amides is 3. The van der Waals surface area contributed by atoms with Gasteiger partial charge in [-0.3, -0.25) is 19.3 Å². The molecule has 1 aliphatic rings. The van der Waals surface area contributed by atoms with Crippen molar-refractivity contribution in [3.05, 3.63) is 76.6 Å². The van der Waals surface area contributed by atoms with Crippen LogP contribution in [0.1, 0.15) is 44.2 Å². The third kappa shape index (κ3) is 6.89. The molecule has 12 heteroatoms. The fourth-order valence-electron chi connectivity index (χ4n) is 3.96. The first-order chi connectivity index (χ1) is 17.8. The van der Waals surface area contributed by atoms with E-state index in [1.54, 1.807) is 24.3 Å². The number of hydrogen-bond donors (Lipinski definition) is 4. The zero-order chi connectivity index (χ0) is 26.4. The molecule has 0 spiro atoms. The average molecular weight is 531 g/mol. The van der Waals surface area contributed by atoms with E-state index in [0.717, 1.165) is 25.1 Å². The highest BCUT2D eigenvalue weighted by Crippen LogP contribution is 2.20. The summed E-state index contributed by atoms with van der Waals surface area (Å²) in [6.45, 7) is 1.96. The monoisotopic (exact) mass is 530 g/mol. The topological polar surface area (TPSA) is 119 Å². The van der Waals surface area contributed by atoms with E-state index in [9.17, 15) is 23.2 Å². The van der Waals surface area contributed by atoms with Crippen LogP contribution in [-0.2, 0) is 0 Å². The number of nitrogens with zero attached hydrogens (tertiary/aromatic N) is 2. The van der Waals surface area contributed by atoms with Crippen molar-refractivity contribution >= 4 is 40.7 Å². The number of carbonyl (C=O) groups is 3. The molecule has 4 N–H and O–H groups in total. The second-order valence-corrected chi connectivity index (χ2v) is 8.94. The van der Waals surface area contributed by atoms with Crippen molar-refractivity contribution in [3.8, 4) is 0 Å². The number of H-pyrrole nitrogens is 1. The van der Waals surface area contributed by atoms with Gasteiger partial charge in [-0.15, -0.1) is 0 Å². The number of aromatic amines is 1. The zero-order valence-corrected chi connectivity index (χ0v) is 20.4. The molecule has 1 aliphatic heterocycles. The Labute approximate surface area is 216 Å². The highest BCUT2D eigenvalue weighted by Gasteiger charge is 2.22. The lowest BCUT2D eigenvalue weighted by Crippen LogP contribution is -2.41. The Balaban J connectivity index is 1.31. The first-order valence-electron chi connectivity index (χ1n) is 11.7. The van der Waals surface area contributed by atoms with Gasteiger partial charge in [0.1, 0.15) is 17.7 Å². The molecule has 0 radical (unpaired) electrons. The van der Waals surface area contributed by atoms with Crippen LogP contribution in [0.15, 0.2) is 48.8 Å². The predicted molar refractivity (Wildman–Crippen MR) is 135 cm³/mol. The minimum atomic E-state index is -0.842. The van der Waals surface area contributed by atoms with E-state index in [1.807, 2.05) is 4.90 Å². The molecule has 2 heterocycles. The number of benzene rings is 2. The number of carbonyl (C=O) groups excluding carboxylic acids is 3. The Morgan fingerprint density at radius 3 is 2.43 bits per heavy atom. The van der Waals surface area contributed by atoms with Gasteiger partial charge in [-0.2, -0.15) is 0 Å². The predicted octanol–water partition coefficient (Wildman–Crippen LogP) is 3.87. The lowest BCUT2D eigenvalue weighted by Gasteiger charge is -2.28. The molecule has 0 saturated carbocycles. The second kappa shape index (κ2) is 11.9. The van der Waals surface area contributed by atoms with Crippen LogP contribution >= 0.6 is 11.6 Å². The van der Waals surface area contributed by atoms with E-state index in [2.05, 4.69) is 25.9 Å². The number of piperidine rings is 1. The average Bonchev–Trinajstić information content (AvgIpc) is 3.36. The summed E-state index contributed by atoms with van der Waals surface area (Å²) in [5.41, 5.74) is 0.883. The largest absolute Gasteiger partial charge is 0.349 e. The van der Waals surface area contributed by atoms with E-state index in [0.29, 0.717) is 37.4 Å². The fourth-order valence-corrected chi connectivity index (χ4v) is 4.21. The SMILES string of the molecule is O=C(Nc1ccc(NC(=O)c2nc[nH]c2C(=O)NCCN2CCCC(F)C2)cc1)c1ccc(F)cc1Cl. The molecule has 1 atom stereocenters. The van der Waals surface area contributed by atoms with Crippen molar-refractivity contribution in [1.82, 2.24) is 20.2 Å². The second-order valence-electron chi connectivity index (χ2n) is 8.53. The standard InChI is InChI=1S/C25H25ClF2N6O3/c26-20-12-15(27)3-8-19(20)23(35)32-17-4-6-18(7-5-17)33-25(37)22-21(30-14-31-22)24(36)29-9-11-34-10-1-2-16(28)13-34/h3-8,12,14,16H,1-2,9-11,13H2,(H,29,36)(H,30,31)(H,32,35)(H,33,37). The van der Waals surface area contributed by atoms with Crippen molar-refractivity contribution < 1.29 is 23.2 Å². The molecule has 1 aromatic heterocycles. The highest BCUT2D eigenvalue weighted by molar-refractivity contribution is 6.34. The molecule has 2 aromatic carbocycles. The van der Waals surface area contributed by atoms with E-state index in [4.69, 9.17) is 11.6 Å². The summed E-state index contributed by atoms with van der Waals surface area (Å²) >= 11 is 5.92. The Bertz CT molecular complexity index is 1280. The van der Waals surface area contributed by atoms with Gasteiger partial charge in [0.05, 0.1) is 16.9 Å². The van der Waals surface area contributed by atoms with Gasteiger partial charge in [0.2, 0.25) is 0 Å². The van der Waals surface area contributed by atoms with Crippen LogP contribution in [0.2, 0.25) is 5.02 Å². The summed E-state index contributed by atoms with van der Waals surface area (Å²) in [5, 5.41) is 8.01. The minimum Gasteiger partial charge on any atom is -0.349 e. The van der Waals surface area contributed by atoms with Crippen LogP contribution in [-0.4, -0.2) is 64.9 Å². The Morgan fingerprint density at radius 2 is 1.76 bits per heavy atom. The smallest absolute Gasteiger partial charge is 0.276 e. The van der Waals surface area contributed by atoms with E-state index in [-0.39, 0.29) is 22.0 Å². The van der Waals surface area contributed by atoms with E-state index >= 15 is 0 Å². The highest BCUT2D eigenvalue weighted by atomic mass is 35.5. The van der Waals surface area contributed by atoms with E-state index < -0.39 is 29.7 Å². The number of halogens is 3. The molecule has 0 aliphatic carbocycles. The summed E-state index contributed by atoms with van der Waals surface area (Å²) in [5.74, 6) is -2.15. The molecule has 194 valence electrons. The number of aromatic nitrogens is 2. The van der Waals surface area contributed by atoms with Crippen LogP contribution in [0, 0.1) is 5.82 Å². The summed E-state index contributed by atoms with van der Waals surface area (Å²) < 4.78 is 26.7. The van der Waals surface area contributed by atoms with Crippen LogP contribution < -0.4 is 16.0 Å². The third-order valence-corrected chi connectivity index (χ3v) is 6.13. The maximum atomic E-state index is 13.5. The number of hydrogen-bond acceptors (Lipinski definition) is 5. The van der Waals surface area contributed by atoms with Crippen LogP contribution in [0.25, 0.3) is 0 Å². The van der Waals surface area contributed by atoms with Crippen molar-refractivity contribution in [2.24, 2.45) is 0 Å². The molecule has 37 heavy (non-hydrogen) atoms. The summed E-state index contributed by atoms with van der Waals surface area (Å²) in [6.07, 6.45) is 1.76. The molecule has 1 saturated heterocycles. The summed E-state index contributed by atoms with van der Waals surface area (Å²) in [7, 11) is 0. The molecular formula is C25H25ClF2N6O3. The van der Waals surface area contributed by atoms with Gasteiger partial charge in [0.15, 0.2) is 5.69 Å². The Morgan fingerprint density at radius 1 is 1.05 bits per heavy atom. The van der Waals surface area contributed by atoms with Gasteiger partial charge in [-0.1, -0.05) is 11.6 Å². The summed E-state index contributed by atoms with van der Waals surface area (Å²) in [4.78, 5) is 46.3. The first-order valence-corrected chi connectivity index (χ1v) is 12.0. The normalized spacial score (nSPS) is 15.7. The number of likely N-dealkylation sites (tertiary alicyclic amines) is 1. The van der Waals surface area contributed by atoms with Gasteiger partial charge in [-0.25, -0.2) is 13.8 Å². The lowest BCUT2D eigenvalue weighted by atomic mass is 10.1. The maximum absolute atomic E-state index is 13.5. The van der Waals surface area contributed by atoms with Gasteiger partial charge >= 0.3 is 0 Å². The van der Waals surface area contributed by atoms with Crippen LogP contribution in [0.5, 0.6) is 0 Å². The molecule has 9 nitrogen and oxygen atoms in total. The van der Waals surface area contributed by atoms with Gasteiger partial charge in [-0.05, 0) is 61.9 Å². The van der Waals surface area contributed by atoms with Gasteiger partial charge < -0.3 is 20.9 Å².